The summed E-state index contributed by atoms with van der Waals surface area (Å²) in [4.78, 5) is 2.40. The predicted octanol–water partition coefficient (Wildman–Crippen LogP) is 3.94. The quantitative estimate of drug-likeness (QED) is 0.778. The molecule has 1 aliphatic rings. The van der Waals surface area contributed by atoms with E-state index in [1.54, 1.807) is 7.11 Å². The fourth-order valence-electron chi connectivity index (χ4n) is 2.55. The lowest BCUT2D eigenvalue weighted by molar-refractivity contribution is 0.139. The van der Waals surface area contributed by atoms with Gasteiger partial charge in [-0.25, -0.2) is 0 Å². The summed E-state index contributed by atoms with van der Waals surface area (Å²) in [5.74, 6) is 1.20. The van der Waals surface area contributed by atoms with Gasteiger partial charge in [0, 0.05) is 43.4 Å². The lowest BCUT2D eigenvalue weighted by Crippen LogP contribution is -2.35. The fraction of sp³-hybridized carbons (Fsp3) is 0.571. The fourth-order valence-corrected chi connectivity index (χ4v) is 2.95. The lowest BCUT2D eigenvalue weighted by Gasteiger charge is -2.34. The average Bonchev–Trinajstić information content (AvgIpc) is 2.40. The number of nitrogens with zero attached hydrogens (tertiary/aromatic N) is 1. The van der Waals surface area contributed by atoms with Crippen LogP contribution >= 0.6 is 23.2 Å². The molecule has 1 aromatic carbocycles. The van der Waals surface area contributed by atoms with E-state index in [1.807, 2.05) is 12.1 Å². The highest BCUT2D eigenvalue weighted by molar-refractivity contribution is 6.30. The molecular weight excluding hydrogens is 269 g/mol. The van der Waals surface area contributed by atoms with Crippen LogP contribution in [0.15, 0.2) is 18.2 Å². The Bertz CT molecular complexity index is 389. The first-order valence-electron chi connectivity index (χ1n) is 6.33. The van der Waals surface area contributed by atoms with E-state index in [4.69, 9.17) is 27.9 Å². The molecule has 2 nitrogen and oxygen atoms in total. The number of methoxy groups -OCH3 is 1. The van der Waals surface area contributed by atoms with Crippen LogP contribution in [0.4, 0.5) is 5.69 Å². The molecule has 0 radical (unpaired) electrons. The molecule has 0 saturated carbocycles. The Morgan fingerprint density at radius 2 is 2.06 bits per heavy atom. The maximum atomic E-state index is 6.01. The maximum absolute atomic E-state index is 6.01. The van der Waals surface area contributed by atoms with Gasteiger partial charge in [-0.3, -0.25) is 0 Å². The molecule has 1 aliphatic heterocycles. The van der Waals surface area contributed by atoms with Crippen LogP contribution in [0.2, 0.25) is 5.02 Å². The molecule has 0 bridgehead atoms. The number of hydrogen-bond donors (Lipinski definition) is 0. The van der Waals surface area contributed by atoms with Gasteiger partial charge in [0.1, 0.15) is 0 Å². The Morgan fingerprint density at radius 3 is 2.67 bits per heavy atom. The molecule has 2 rings (SSSR count). The monoisotopic (exact) mass is 287 g/mol. The van der Waals surface area contributed by atoms with Gasteiger partial charge in [-0.05, 0) is 42.5 Å². The lowest BCUT2D eigenvalue weighted by atomic mass is 9.97. The van der Waals surface area contributed by atoms with E-state index in [9.17, 15) is 0 Å². The first-order valence-corrected chi connectivity index (χ1v) is 7.24. The molecule has 1 saturated heterocycles. The van der Waals surface area contributed by atoms with Crippen molar-refractivity contribution in [3.05, 3.63) is 28.8 Å². The Kier molecular flexibility index (Phi) is 5.16. The second-order valence-electron chi connectivity index (χ2n) is 4.79. The van der Waals surface area contributed by atoms with Crippen molar-refractivity contribution in [1.82, 2.24) is 0 Å². The van der Waals surface area contributed by atoms with E-state index in [1.165, 1.54) is 18.5 Å². The third-order valence-corrected chi connectivity index (χ3v) is 4.07. The first-order chi connectivity index (χ1) is 8.74. The third kappa shape index (κ3) is 3.31. The predicted molar refractivity (Wildman–Crippen MR) is 77.8 cm³/mol. The molecule has 100 valence electrons. The van der Waals surface area contributed by atoms with Gasteiger partial charge in [0.05, 0.1) is 0 Å². The van der Waals surface area contributed by atoms with Crippen molar-refractivity contribution in [1.29, 1.82) is 0 Å². The summed E-state index contributed by atoms with van der Waals surface area (Å²) in [5, 5.41) is 0.753. The second-order valence-corrected chi connectivity index (χ2v) is 5.50. The van der Waals surface area contributed by atoms with Crippen LogP contribution in [0, 0.1) is 5.92 Å². The van der Waals surface area contributed by atoms with Gasteiger partial charge in [0.25, 0.3) is 0 Å². The minimum Gasteiger partial charge on any atom is -0.384 e. The minimum absolute atomic E-state index is 0.508. The number of ether oxygens (including phenoxy) is 1. The number of rotatable bonds is 4. The molecule has 0 aromatic heterocycles. The minimum atomic E-state index is 0.508. The average molecular weight is 288 g/mol. The summed E-state index contributed by atoms with van der Waals surface area (Å²) in [5.41, 5.74) is 2.35. The number of anilines is 1. The van der Waals surface area contributed by atoms with Crippen molar-refractivity contribution in [3.8, 4) is 0 Å². The van der Waals surface area contributed by atoms with E-state index in [2.05, 4.69) is 11.0 Å². The van der Waals surface area contributed by atoms with Gasteiger partial charge in [0.2, 0.25) is 0 Å². The van der Waals surface area contributed by atoms with E-state index in [-0.39, 0.29) is 0 Å². The number of alkyl halides is 1. The summed E-state index contributed by atoms with van der Waals surface area (Å²) in [6.07, 6.45) is 2.36. The van der Waals surface area contributed by atoms with Crippen molar-refractivity contribution < 1.29 is 4.74 Å². The highest BCUT2D eigenvalue weighted by Gasteiger charge is 2.20. The molecule has 1 fully saturated rings. The zero-order chi connectivity index (χ0) is 13.0. The van der Waals surface area contributed by atoms with Crippen LogP contribution in [0.25, 0.3) is 0 Å². The summed E-state index contributed by atoms with van der Waals surface area (Å²) in [7, 11) is 1.77. The molecule has 0 atom stereocenters. The van der Waals surface area contributed by atoms with Gasteiger partial charge in [-0.1, -0.05) is 11.6 Å². The zero-order valence-corrected chi connectivity index (χ0v) is 12.2. The largest absolute Gasteiger partial charge is 0.384 e. The van der Waals surface area contributed by atoms with Crippen molar-refractivity contribution in [2.75, 3.05) is 31.7 Å². The van der Waals surface area contributed by atoms with Crippen LogP contribution in [-0.2, 0) is 10.6 Å². The van der Waals surface area contributed by atoms with Crippen LogP contribution in [0.5, 0.6) is 0 Å². The van der Waals surface area contributed by atoms with Crippen LogP contribution in [0.1, 0.15) is 18.4 Å². The van der Waals surface area contributed by atoms with Crippen molar-refractivity contribution in [3.63, 3.8) is 0 Å². The van der Waals surface area contributed by atoms with Gasteiger partial charge in [-0.15, -0.1) is 11.6 Å². The summed E-state index contributed by atoms with van der Waals surface area (Å²) < 4.78 is 5.23. The molecule has 1 aromatic rings. The van der Waals surface area contributed by atoms with Crippen molar-refractivity contribution in [2.45, 2.75) is 18.7 Å². The summed E-state index contributed by atoms with van der Waals surface area (Å²) >= 11 is 12.0. The SMILES string of the molecule is COCC1CCN(c2ccc(Cl)cc2CCl)CC1. The van der Waals surface area contributed by atoms with Crippen molar-refractivity contribution >= 4 is 28.9 Å². The van der Waals surface area contributed by atoms with Gasteiger partial charge < -0.3 is 9.64 Å². The molecule has 0 amide bonds. The van der Waals surface area contributed by atoms with Gasteiger partial charge in [-0.2, -0.15) is 0 Å². The van der Waals surface area contributed by atoms with Gasteiger partial charge >= 0.3 is 0 Å². The van der Waals surface area contributed by atoms with Crippen LogP contribution in [0.3, 0.4) is 0 Å². The molecule has 4 heteroatoms. The molecule has 1 heterocycles. The van der Waals surface area contributed by atoms with Crippen molar-refractivity contribution in [2.24, 2.45) is 5.92 Å². The Hall–Kier alpha value is -0.440. The smallest absolute Gasteiger partial charge is 0.0495 e. The summed E-state index contributed by atoms with van der Waals surface area (Å²) in [6, 6.07) is 5.98. The summed E-state index contributed by atoms with van der Waals surface area (Å²) in [6.45, 7) is 3.01. The molecule has 0 N–H and O–H groups in total. The molecule has 0 unspecified atom stereocenters. The molecule has 0 aliphatic carbocycles. The molecule has 0 spiro atoms. The van der Waals surface area contributed by atoms with E-state index in [0.717, 1.165) is 30.3 Å². The highest BCUT2D eigenvalue weighted by atomic mass is 35.5. The van der Waals surface area contributed by atoms with E-state index >= 15 is 0 Å². The Balaban J connectivity index is 2.05. The Morgan fingerprint density at radius 1 is 1.33 bits per heavy atom. The topological polar surface area (TPSA) is 12.5 Å². The number of benzene rings is 1. The Labute approximate surface area is 119 Å². The zero-order valence-electron chi connectivity index (χ0n) is 10.7. The standard InChI is InChI=1S/C14H19Cl2NO/c1-18-10-11-4-6-17(7-5-11)14-3-2-13(16)8-12(14)9-15/h2-3,8,11H,4-7,9-10H2,1H3. The third-order valence-electron chi connectivity index (χ3n) is 3.54. The normalized spacial score (nSPS) is 17.2. The van der Waals surface area contributed by atoms with Crippen LogP contribution < -0.4 is 4.90 Å². The molecular formula is C14H19Cl2NO. The van der Waals surface area contributed by atoms with Crippen LogP contribution in [-0.4, -0.2) is 26.8 Å². The number of piperidine rings is 1. The first kappa shape index (κ1) is 14.0. The number of halogens is 2. The van der Waals surface area contributed by atoms with Gasteiger partial charge in [0.15, 0.2) is 0 Å². The van der Waals surface area contributed by atoms with E-state index < -0.39 is 0 Å². The second kappa shape index (κ2) is 6.65. The van der Waals surface area contributed by atoms with E-state index in [0.29, 0.717) is 11.8 Å². The molecule has 18 heavy (non-hydrogen) atoms. The number of hydrogen-bond acceptors (Lipinski definition) is 2. The maximum Gasteiger partial charge on any atom is 0.0495 e. The highest BCUT2D eigenvalue weighted by Crippen LogP contribution is 2.29.